The van der Waals surface area contributed by atoms with Gasteiger partial charge in [0.1, 0.15) is 0 Å². The molecule has 0 heterocycles. The third-order valence-corrected chi connectivity index (χ3v) is 5.42. The lowest BCUT2D eigenvalue weighted by atomic mass is 9.52. The normalized spacial score (nSPS) is 33.0. The Hall–Kier alpha value is 0.290. The van der Waals surface area contributed by atoms with Gasteiger partial charge in [-0.15, -0.1) is 11.6 Å². The number of rotatable bonds is 2. The first kappa shape index (κ1) is 10.8. The molecule has 0 radical (unpaired) electrons. The van der Waals surface area contributed by atoms with Crippen molar-refractivity contribution in [2.45, 2.75) is 64.2 Å². The van der Waals surface area contributed by atoms with Gasteiger partial charge in [-0.05, 0) is 42.9 Å². The molecule has 2 unspecified atom stereocenters. The fourth-order valence-electron chi connectivity index (χ4n) is 3.56. The average Bonchev–Trinajstić information content (AvgIpc) is 2.17. The van der Waals surface area contributed by atoms with Crippen molar-refractivity contribution < 1.29 is 0 Å². The molecule has 1 spiro atoms. The van der Waals surface area contributed by atoms with Gasteiger partial charge in [-0.3, -0.25) is 0 Å². The quantitative estimate of drug-likeness (QED) is 0.589. The predicted octanol–water partition coefficient (Wildman–Crippen LogP) is 4.61. The van der Waals surface area contributed by atoms with Crippen molar-refractivity contribution in [1.29, 1.82) is 0 Å². The molecule has 2 aliphatic carbocycles. The van der Waals surface area contributed by atoms with Crippen molar-refractivity contribution in [2.75, 3.05) is 0 Å². The summed E-state index contributed by atoms with van der Waals surface area (Å²) >= 11 is 6.54. The second-order valence-electron chi connectivity index (χ2n) is 5.76. The van der Waals surface area contributed by atoms with E-state index in [-0.39, 0.29) is 0 Å². The molecule has 2 saturated carbocycles. The Morgan fingerprint density at radius 1 is 1.07 bits per heavy atom. The van der Waals surface area contributed by atoms with Gasteiger partial charge in [-0.25, -0.2) is 0 Å². The van der Waals surface area contributed by atoms with Crippen LogP contribution in [0.1, 0.15) is 58.8 Å². The molecular formula is C13H23Cl. The first-order chi connectivity index (χ1) is 6.66. The summed E-state index contributed by atoms with van der Waals surface area (Å²) in [6.45, 7) is 4.54. The summed E-state index contributed by atoms with van der Waals surface area (Å²) in [4.78, 5) is 0. The highest BCUT2D eigenvalue weighted by atomic mass is 35.5. The molecule has 0 amide bonds. The number of hydrogen-bond acceptors (Lipinski definition) is 0. The van der Waals surface area contributed by atoms with Crippen LogP contribution in [-0.4, -0.2) is 5.38 Å². The molecule has 82 valence electrons. The second-order valence-corrected chi connectivity index (χ2v) is 6.26. The Kier molecular flexibility index (Phi) is 3.12. The molecule has 0 aromatic heterocycles. The SMILES string of the molecule is CC(C)C(Cl)C1CCC12CCCCC2. The maximum absolute atomic E-state index is 6.54. The summed E-state index contributed by atoms with van der Waals surface area (Å²) in [5.74, 6) is 1.49. The highest BCUT2D eigenvalue weighted by Gasteiger charge is 2.49. The van der Waals surface area contributed by atoms with Crippen molar-refractivity contribution in [3.8, 4) is 0 Å². The third-order valence-electron chi connectivity index (χ3n) is 4.61. The lowest BCUT2D eigenvalue weighted by Gasteiger charge is -2.55. The molecule has 2 rings (SSSR count). The van der Waals surface area contributed by atoms with Crippen molar-refractivity contribution in [3.05, 3.63) is 0 Å². The van der Waals surface area contributed by atoms with E-state index in [1.165, 1.54) is 44.9 Å². The Morgan fingerprint density at radius 3 is 2.14 bits per heavy atom. The Morgan fingerprint density at radius 2 is 1.71 bits per heavy atom. The lowest BCUT2D eigenvalue weighted by Crippen LogP contribution is -2.47. The minimum Gasteiger partial charge on any atom is -0.122 e. The monoisotopic (exact) mass is 214 g/mol. The zero-order valence-electron chi connectivity index (χ0n) is 9.56. The summed E-state index contributed by atoms with van der Waals surface area (Å²) in [7, 11) is 0. The minimum absolute atomic E-state index is 0.432. The van der Waals surface area contributed by atoms with Crippen molar-refractivity contribution in [1.82, 2.24) is 0 Å². The highest BCUT2D eigenvalue weighted by Crippen LogP contribution is 2.58. The van der Waals surface area contributed by atoms with Crippen molar-refractivity contribution >= 4 is 11.6 Å². The van der Waals surface area contributed by atoms with Crippen LogP contribution < -0.4 is 0 Å². The van der Waals surface area contributed by atoms with E-state index in [4.69, 9.17) is 11.6 Å². The van der Waals surface area contributed by atoms with E-state index in [0.29, 0.717) is 16.7 Å². The maximum Gasteiger partial charge on any atom is 0.0392 e. The van der Waals surface area contributed by atoms with Gasteiger partial charge >= 0.3 is 0 Å². The van der Waals surface area contributed by atoms with Crippen LogP contribution >= 0.6 is 11.6 Å². The van der Waals surface area contributed by atoms with Crippen LogP contribution in [0.3, 0.4) is 0 Å². The van der Waals surface area contributed by atoms with E-state index >= 15 is 0 Å². The van der Waals surface area contributed by atoms with Crippen LogP contribution in [0.2, 0.25) is 0 Å². The fraction of sp³-hybridized carbons (Fsp3) is 1.00. The molecule has 0 aromatic rings. The van der Waals surface area contributed by atoms with E-state index in [9.17, 15) is 0 Å². The molecule has 0 aromatic carbocycles. The van der Waals surface area contributed by atoms with E-state index < -0.39 is 0 Å². The number of hydrogen-bond donors (Lipinski definition) is 0. The van der Waals surface area contributed by atoms with Gasteiger partial charge in [0.15, 0.2) is 0 Å². The molecule has 0 N–H and O–H groups in total. The van der Waals surface area contributed by atoms with Gasteiger partial charge in [0.05, 0.1) is 0 Å². The topological polar surface area (TPSA) is 0 Å². The zero-order valence-corrected chi connectivity index (χ0v) is 10.3. The molecule has 14 heavy (non-hydrogen) atoms. The summed E-state index contributed by atoms with van der Waals surface area (Å²) < 4.78 is 0. The maximum atomic E-state index is 6.54. The summed E-state index contributed by atoms with van der Waals surface area (Å²) in [6.07, 6.45) is 10.2. The Balaban J connectivity index is 1.99. The molecule has 2 aliphatic rings. The van der Waals surface area contributed by atoms with Gasteiger partial charge in [-0.2, -0.15) is 0 Å². The number of alkyl halides is 1. The summed E-state index contributed by atoms with van der Waals surface area (Å²) in [5.41, 5.74) is 0.689. The van der Waals surface area contributed by atoms with E-state index in [2.05, 4.69) is 13.8 Å². The molecule has 2 fully saturated rings. The molecular weight excluding hydrogens is 192 g/mol. The molecule has 0 bridgehead atoms. The molecule has 2 atom stereocenters. The van der Waals surface area contributed by atoms with Gasteiger partial charge in [-0.1, -0.05) is 33.1 Å². The van der Waals surface area contributed by atoms with Crippen LogP contribution in [0.4, 0.5) is 0 Å². The van der Waals surface area contributed by atoms with Gasteiger partial charge in [0.25, 0.3) is 0 Å². The van der Waals surface area contributed by atoms with Gasteiger partial charge < -0.3 is 0 Å². The summed E-state index contributed by atoms with van der Waals surface area (Å²) in [6, 6.07) is 0. The van der Waals surface area contributed by atoms with E-state index in [1.54, 1.807) is 0 Å². The van der Waals surface area contributed by atoms with Gasteiger partial charge in [0.2, 0.25) is 0 Å². The zero-order chi connectivity index (χ0) is 10.2. The van der Waals surface area contributed by atoms with E-state index in [1.807, 2.05) is 0 Å². The molecule has 1 heteroatoms. The molecule has 0 aliphatic heterocycles. The van der Waals surface area contributed by atoms with Crippen molar-refractivity contribution in [3.63, 3.8) is 0 Å². The average molecular weight is 215 g/mol. The smallest absolute Gasteiger partial charge is 0.0392 e. The first-order valence-corrected chi connectivity index (χ1v) is 6.73. The van der Waals surface area contributed by atoms with Crippen molar-refractivity contribution in [2.24, 2.45) is 17.3 Å². The second kappa shape index (κ2) is 4.04. The Bertz CT molecular complexity index is 191. The lowest BCUT2D eigenvalue weighted by molar-refractivity contribution is -0.0179. The van der Waals surface area contributed by atoms with Crippen LogP contribution in [0.5, 0.6) is 0 Å². The molecule has 0 saturated heterocycles. The van der Waals surface area contributed by atoms with Crippen LogP contribution in [0, 0.1) is 17.3 Å². The van der Waals surface area contributed by atoms with Gasteiger partial charge in [0, 0.05) is 5.38 Å². The molecule has 0 nitrogen and oxygen atoms in total. The van der Waals surface area contributed by atoms with Crippen LogP contribution in [-0.2, 0) is 0 Å². The Labute approximate surface area is 93.4 Å². The van der Waals surface area contributed by atoms with Crippen LogP contribution in [0.25, 0.3) is 0 Å². The largest absolute Gasteiger partial charge is 0.122 e. The number of halogens is 1. The first-order valence-electron chi connectivity index (χ1n) is 6.30. The standard InChI is InChI=1S/C13H23Cl/c1-10(2)12(14)11-6-9-13(11)7-4-3-5-8-13/h10-12H,3-9H2,1-2H3. The highest BCUT2D eigenvalue weighted by molar-refractivity contribution is 6.21. The predicted molar refractivity (Wildman–Crippen MR) is 62.7 cm³/mol. The summed E-state index contributed by atoms with van der Waals surface area (Å²) in [5, 5.41) is 0.432. The van der Waals surface area contributed by atoms with E-state index in [0.717, 1.165) is 5.92 Å². The van der Waals surface area contributed by atoms with Crippen LogP contribution in [0.15, 0.2) is 0 Å². The fourth-order valence-corrected chi connectivity index (χ4v) is 3.95. The third kappa shape index (κ3) is 1.71. The minimum atomic E-state index is 0.432.